The lowest BCUT2D eigenvalue weighted by molar-refractivity contribution is -0.142. The number of amides is 1. The Labute approximate surface area is 140 Å². The average Bonchev–Trinajstić information content (AvgIpc) is 2.56. The van der Waals surface area contributed by atoms with Gasteiger partial charge in [-0.25, -0.2) is 4.79 Å². The van der Waals surface area contributed by atoms with E-state index in [2.05, 4.69) is 5.32 Å². The van der Waals surface area contributed by atoms with Gasteiger partial charge < -0.3 is 15.2 Å². The Balaban J connectivity index is 2.27. The SMILES string of the molecule is CC(C)OC(=O)C(=Cc1ccc(O)cc1)NC(=O)c1ccccc1. The molecule has 5 heteroatoms. The summed E-state index contributed by atoms with van der Waals surface area (Å²) in [4.78, 5) is 24.5. The number of aromatic hydroxyl groups is 1. The number of hydrogen-bond donors (Lipinski definition) is 2. The summed E-state index contributed by atoms with van der Waals surface area (Å²) in [5.41, 5.74) is 1.12. The average molecular weight is 325 g/mol. The van der Waals surface area contributed by atoms with Crippen molar-refractivity contribution in [3.8, 4) is 5.75 Å². The van der Waals surface area contributed by atoms with Crippen LogP contribution in [0.3, 0.4) is 0 Å². The van der Waals surface area contributed by atoms with E-state index in [9.17, 15) is 14.7 Å². The van der Waals surface area contributed by atoms with Gasteiger partial charge in [-0.05, 0) is 49.8 Å². The van der Waals surface area contributed by atoms with Gasteiger partial charge in [-0.1, -0.05) is 30.3 Å². The van der Waals surface area contributed by atoms with Gasteiger partial charge in [0, 0.05) is 5.56 Å². The predicted octanol–water partition coefficient (Wildman–Crippen LogP) is 3.11. The highest BCUT2D eigenvalue weighted by Crippen LogP contribution is 2.13. The Hall–Kier alpha value is -3.08. The number of esters is 1. The molecule has 0 aliphatic rings. The van der Waals surface area contributed by atoms with Crippen LogP contribution in [-0.2, 0) is 9.53 Å². The van der Waals surface area contributed by atoms with Crippen molar-refractivity contribution in [3.05, 3.63) is 71.4 Å². The molecule has 0 saturated carbocycles. The molecule has 0 fully saturated rings. The summed E-state index contributed by atoms with van der Waals surface area (Å²) in [6, 6.07) is 14.8. The number of carbonyl (C=O) groups excluding carboxylic acids is 2. The van der Waals surface area contributed by atoms with Gasteiger partial charge in [0.2, 0.25) is 0 Å². The van der Waals surface area contributed by atoms with Gasteiger partial charge in [0.1, 0.15) is 11.4 Å². The molecular formula is C19H19NO4. The number of rotatable bonds is 5. The van der Waals surface area contributed by atoms with E-state index in [4.69, 9.17) is 4.74 Å². The third kappa shape index (κ3) is 4.98. The number of nitrogens with one attached hydrogen (secondary N) is 1. The Morgan fingerprint density at radius 1 is 1.04 bits per heavy atom. The van der Waals surface area contributed by atoms with Crippen LogP contribution in [0.1, 0.15) is 29.8 Å². The van der Waals surface area contributed by atoms with Gasteiger partial charge in [-0.3, -0.25) is 4.79 Å². The molecule has 0 aliphatic carbocycles. The fraction of sp³-hybridized carbons (Fsp3) is 0.158. The lowest BCUT2D eigenvalue weighted by Crippen LogP contribution is -2.29. The van der Waals surface area contributed by atoms with E-state index in [0.717, 1.165) is 0 Å². The highest BCUT2D eigenvalue weighted by molar-refractivity contribution is 6.03. The summed E-state index contributed by atoms with van der Waals surface area (Å²) in [6.45, 7) is 3.46. The van der Waals surface area contributed by atoms with Crippen molar-refractivity contribution >= 4 is 18.0 Å². The van der Waals surface area contributed by atoms with Gasteiger partial charge in [0.25, 0.3) is 5.91 Å². The van der Waals surface area contributed by atoms with Gasteiger partial charge in [-0.2, -0.15) is 0 Å². The molecule has 0 saturated heterocycles. The van der Waals surface area contributed by atoms with E-state index >= 15 is 0 Å². The van der Waals surface area contributed by atoms with Crippen LogP contribution >= 0.6 is 0 Å². The molecule has 0 bridgehead atoms. The molecule has 0 atom stereocenters. The van der Waals surface area contributed by atoms with Crippen molar-refractivity contribution in [2.24, 2.45) is 0 Å². The van der Waals surface area contributed by atoms with Gasteiger partial charge in [0.15, 0.2) is 0 Å². The maximum atomic E-state index is 12.3. The summed E-state index contributed by atoms with van der Waals surface area (Å²) < 4.78 is 5.17. The van der Waals surface area contributed by atoms with Crippen molar-refractivity contribution in [1.29, 1.82) is 0 Å². The summed E-state index contributed by atoms with van der Waals surface area (Å²) in [6.07, 6.45) is 1.19. The number of benzene rings is 2. The van der Waals surface area contributed by atoms with E-state index in [-0.39, 0.29) is 17.6 Å². The minimum Gasteiger partial charge on any atom is -0.508 e. The van der Waals surface area contributed by atoms with E-state index in [1.165, 1.54) is 18.2 Å². The largest absolute Gasteiger partial charge is 0.508 e. The van der Waals surface area contributed by atoms with Crippen molar-refractivity contribution in [1.82, 2.24) is 5.32 Å². The molecule has 0 spiro atoms. The molecule has 2 aromatic rings. The second kappa shape index (κ2) is 7.97. The fourth-order valence-electron chi connectivity index (χ4n) is 1.94. The molecule has 2 N–H and O–H groups in total. The molecule has 2 aromatic carbocycles. The van der Waals surface area contributed by atoms with Crippen molar-refractivity contribution in [3.63, 3.8) is 0 Å². The van der Waals surface area contributed by atoms with Gasteiger partial charge in [-0.15, -0.1) is 0 Å². The molecule has 0 aliphatic heterocycles. The van der Waals surface area contributed by atoms with Gasteiger partial charge >= 0.3 is 5.97 Å². The summed E-state index contributed by atoms with van der Waals surface area (Å²) >= 11 is 0. The number of ether oxygens (including phenoxy) is 1. The lowest BCUT2D eigenvalue weighted by atomic mass is 10.1. The molecule has 0 unspecified atom stereocenters. The van der Waals surface area contributed by atoms with Crippen LogP contribution in [0.4, 0.5) is 0 Å². The maximum absolute atomic E-state index is 12.3. The van der Waals surface area contributed by atoms with E-state index in [1.807, 2.05) is 0 Å². The summed E-state index contributed by atoms with van der Waals surface area (Å²) in [5, 5.41) is 11.9. The standard InChI is InChI=1S/C19H19NO4/c1-13(2)24-19(23)17(12-14-8-10-16(21)11-9-14)20-18(22)15-6-4-3-5-7-15/h3-13,21H,1-2H3,(H,20,22). The second-order valence-corrected chi connectivity index (χ2v) is 5.42. The number of phenols is 1. The molecule has 124 valence electrons. The van der Waals surface area contributed by atoms with Crippen LogP contribution in [-0.4, -0.2) is 23.1 Å². The molecule has 5 nitrogen and oxygen atoms in total. The highest BCUT2D eigenvalue weighted by atomic mass is 16.5. The Morgan fingerprint density at radius 3 is 2.25 bits per heavy atom. The zero-order valence-electron chi connectivity index (χ0n) is 13.5. The Morgan fingerprint density at radius 2 is 1.67 bits per heavy atom. The molecular weight excluding hydrogens is 306 g/mol. The monoisotopic (exact) mass is 325 g/mol. The smallest absolute Gasteiger partial charge is 0.355 e. The van der Waals surface area contributed by atoms with Gasteiger partial charge in [0.05, 0.1) is 6.10 Å². The number of carbonyl (C=O) groups is 2. The molecule has 0 heterocycles. The minimum atomic E-state index is -0.623. The topological polar surface area (TPSA) is 75.6 Å². The molecule has 1 amide bonds. The zero-order valence-corrected chi connectivity index (χ0v) is 13.5. The summed E-state index contributed by atoms with van der Waals surface area (Å²) in [7, 11) is 0. The van der Waals surface area contributed by atoms with Crippen LogP contribution in [0.2, 0.25) is 0 Å². The minimum absolute atomic E-state index is 0.0308. The number of phenolic OH excluding ortho intramolecular Hbond substituents is 1. The van der Waals surface area contributed by atoms with Crippen LogP contribution in [0.15, 0.2) is 60.3 Å². The predicted molar refractivity (Wildman–Crippen MR) is 91.2 cm³/mol. The van der Waals surface area contributed by atoms with Crippen LogP contribution in [0.25, 0.3) is 6.08 Å². The lowest BCUT2D eigenvalue weighted by Gasteiger charge is -2.12. The van der Waals surface area contributed by atoms with Crippen molar-refractivity contribution < 1.29 is 19.4 Å². The van der Waals surface area contributed by atoms with E-state index in [0.29, 0.717) is 11.1 Å². The third-order valence-electron chi connectivity index (χ3n) is 3.05. The first-order valence-electron chi connectivity index (χ1n) is 7.54. The Kier molecular flexibility index (Phi) is 5.73. The van der Waals surface area contributed by atoms with Crippen LogP contribution < -0.4 is 5.32 Å². The Bertz CT molecular complexity index is 734. The maximum Gasteiger partial charge on any atom is 0.355 e. The van der Waals surface area contributed by atoms with Crippen LogP contribution in [0.5, 0.6) is 5.75 Å². The first-order valence-corrected chi connectivity index (χ1v) is 7.54. The molecule has 0 radical (unpaired) electrons. The van der Waals surface area contributed by atoms with E-state index < -0.39 is 11.9 Å². The normalized spacial score (nSPS) is 11.2. The fourth-order valence-corrected chi connectivity index (χ4v) is 1.94. The molecule has 2 rings (SSSR count). The third-order valence-corrected chi connectivity index (χ3v) is 3.05. The summed E-state index contributed by atoms with van der Waals surface area (Å²) in [5.74, 6) is -0.907. The quantitative estimate of drug-likeness (QED) is 0.654. The molecule has 24 heavy (non-hydrogen) atoms. The van der Waals surface area contributed by atoms with Crippen molar-refractivity contribution in [2.45, 2.75) is 20.0 Å². The second-order valence-electron chi connectivity index (χ2n) is 5.42. The number of hydrogen-bond acceptors (Lipinski definition) is 4. The van der Waals surface area contributed by atoms with Crippen LogP contribution in [0, 0.1) is 0 Å². The van der Waals surface area contributed by atoms with E-state index in [1.54, 1.807) is 56.3 Å². The van der Waals surface area contributed by atoms with Crippen molar-refractivity contribution in [2.75, 3.05) is 0 Å². The zero-order chi connectivity index (χ0) is 17.5. The first kappa shape index (κ1) is 17.3. The highest BCUT2D eigenvalue weighted by Gasteiger charge is 2.17. The molecule has 0 aromatic heterocycles. The first-order chi connectivity index (χ1) is 11.5.